The minimum Gasteiger partial charge on any atom is -0.542 e. The molecular formula is C14H20ClNOSi. The van der Waals surface area contributed by atoms with E-state index in [0.717, 1.165) is 17.9 Å². The van der Waals surface area contributed by atoms with Gasteiger partial charge < -0.3 is 4.43 Å². The summed E-state index contributed by atoms with van der Waals surface area (Å²) in [6, 6.07) is 4.00. The van der Waals surface area contributed by atoms with E-state index in [4.69, 9.17) is 16.0 Å². The molecule has 4 heteroatoms. The fourth-order valence-electron chi connectivity index (χ4n) is 1.62. The van der Waals surface area contributed by atoms with Crippen molar-refractivity contribution in [1.29, 1.82) is 0 Å². The highest BCUT2D eigenvalue weighted by molar-refractivity contribution is 6.74. The Morgan fingerprint density at radius 1 is 1.28 bits per heavy atom. The molecule has 0 aliphatic carbocycles. The summed E-state index contributed by atoms with van der Waals surface area (Å²) < 4.78 is 6.27. The van der Waals surface area contributed by atoms with Crippen molar-refractivity contribution >= 4 is 26.1 Å². The SMILES string of the molecule is CC(C)(C)[Si](C)(C)Oc1cc2c(cc1Cl)CN=C2. The Bertz CT molecular complexity index is 503. The van der Waals surface area contributed by atoms with Crippen molar-refractivity contribution in [3.8, 4) is 5.75 Å². The predicted octanol–water partition coefficient (Wildman–Crippen LogP) is 4.66. The van der Waals surface area contributed by atoms with E-state index in [2.05, 4.69) is 38.9 Å². The molecule has 98 valence electrons. The molecule has 1 heterocycles. The fourth-order valence-corrected chi connectivity index (χ4v) is 2.93. The van der Waals surface area contributed by atoms with Gasteiger partial charge in [-0.25, -0.2) is 0 Å². The number of nitrogens with zero attached hydrogens (tertiary/aromatic N) is 1. The summed E-state index contributed by atoms with van der Waals surface area (Å²) in [6.45, 7) is 11.9. The molecular weight excluding hydrogens is 262 g/mol. The Kier molecular flexibility index (Phi) is 3.32. The average Bonchev–Trinajstić information content (AvgIpc) is 2.63. The summed E-state index contributed by atoms with van der Waals surface area (Å²) in [6.07, 6.45) is 1.89. The summed E-state index contributed by atoms with van der Waals surface area (Å²) in [7, 11) is -1.84. The first-order valence-electron chi connectivity index (χ1n) is 6.22. The predicted molar refractivity (Wildman–Crippen MR) is 80.6 cm³/mol. The van der Waals surface area contributed by atoms with E-state index < -0.39 is 8.32 Å². The minimum atomic E-state index is -1.84. The summed E-state index contributed by atoms with van der Waals surface area (Å²) in [5.41, 5.74) is 2.32. The standard InChI is InChI=1S/C14H20ClNOSi/c1-14(2,3)18(4,5)17-13-7-11-9-16-8-10(11)6-12(13)15/h6-7,9H,8H2,1-5H3. The highest BCUT2D eigenvalue weighted by Crippen LogP contribution is 2.40. The van der Waals surface area contributed by atoms with Crippen LogP contribution in [0.5, 0.6) is 5.75 Å². The smallest absolute Gasteiger partial charge is 0.250 e. The third-order valence-electron chi connectivity index (χ3n) is 3.86. The van der Waals surface area contributed by atoms with Crippen LogP contribution in [0.1, 0.15) is 31.9 Å². The van der Waals surface area contributed by atoms with Crippen LogP contribution in [0.3, 0.4) is 0 Å². The summed E-state index contributed by atoms with van der Waals surface area (Å²) >= 11 is 6.31. The van der Waals surface area contributed by atoms with Crippen LogP contribution in [-0.4, -0.2) is 14.5 Å². The van der Waals surface area contributed by atoms with Gasteiger partial charge in [0.2, 0.25) is 0 Å². The molecule has 2 nitrogen and oxygen atoms in total. The first-order chi connectivity index (χ1) is 8.21. The lowest BCUT2D eigenvalue weighted by Crippen LogP contribution is -2.43. The van der Waals surface area contributed by atoms with Crippen LogP contribution >= 0.6 is 11.6 Å². The van der Waals surface area contributed by atoms with Gasteiger partial charge in [0, 0.05) is 11.8 Å². The molecule has 0 unspecified atom stereocenters. The van der Waals surface area contributed by atoms with Crippen molar-refractivity contribution in [3.63, 3.8) is 0 Å². The lowest BCUT2D eigenvalue weighted by molar-refractivity contribution is 0.492. The zero-order chi connectivity index (χ0) is 13.6. The van der Waals surface area contributed by atoms with Gasteiger partial charge in [-0.1, -0.05) is 32.4 Å². The molecule has 0 N–H and O–H groups in total. The zero-order valence-corrected chi connectivity index (χ0v) is 13.4. The van der Waals surface area contributed by atoms with Crippen molar-refractivity contribution in [2.24, 2.45) is 4.99 Å². The lowest BCUT2D eigenvalue weighted by Gasteiger charge is -2.36. The maximum absolute atomic E-state index is 6.31. The molecule has 1 aromatic carbocycles. The van der Waals surface area contributed by atoms with Gasteiger partial charge in [-0.3, -0.25) is 4.99 Å². The van der Waals surface area contributed by atoms with Gasteiger partial charge in [-0.05, 0) is 35.8 Å². The van der Waals surface area contributed by atoms with Gasteiger partial charge in [-0.2, -0.15) is 0 Å². The van der Waals surface area contributed by atoms with Crippen molar-refractivity contribution in [1.82, 2.24) is 0 Å². The largest absolute Gasteiger partial charge is 0.542 e. The van der Waals surface area contributed by atoms with Crippen molar-refractivity contribution < 1.29 is 4.43 Å². The molecule has 0 bridgehead atoms. The molecule has 1 aliphatic rings. The number of aliphatic imine (C=N–C) groups is 1. The number of hydrogen-bond acceptors (Lipinski definition) is 2. The first-order valence-corrected chi connectivity index (χ1v) is 9.50. The maximum Gasteiger partial charge on any atom is 0.250 e. The number of rotatable bonds is 2. The normalized spacial score (nSPS) is 14.8. The highest BCUT2D eigenvalue weighted by Gasteiger charge is 2.39. The topological polar surface area (TPSA) is 21.6 Å². The van der Waals surface area contributed by atoms with E-state index in [0.29, 0.717) is 5.02 Å². The van der Waals surface area contributed by atoms with Gasteiger partial charge >= 0.3 is 0 Å². The number of benzene rings is 1. The molecule has 0 spiro atoms. The molecule has 2 rings (SSSR count). The van der Waals surface area contributed by atoms with Crippen LogP contribution in [0.2, 0.25) is 23.2 Å². The van der Waals surface area contributed by atoms with E-state index >= 15 is 0 Å². The van der Waals surface area contributed by atoms with Gasteiger partial charge in [-0.15, -0.1) is 0 Å². The van der Waals surface area contributed by atoms with Gasteiger partial charge in [0.15, 0.2) is 0 Å². The van der Waals surface area contributed by atoms with Gasteiger partial charge in [0.25, 0.3) is 8.32 Å². The molecule has 0 fully saturated rings. The average molecular weight is 282 g/mol. The quantitative estimate of drug-likeness (QED) is 0.723. The molecule has 0 saturated heterocycles. The summed E-state index contributed by atoms with van der Waals surface area (Å²) in [5.74, 6) is 0.801. The molecule has 0 radical (unpaired) electrons. The molecule has 0 atom stereocenters. The van der Waals surface area contributed by atoms with E-state index in [-0.39, 0.29) is 5.04 Å². The Morgan fingerprint density at radius 3 is 2.56 bits per heavy atom. The van der Waals surface area contributed by atoms with Crippen molar-refractivity contribution in [2.75, 3.05) is 0 Å². The Balaban J connectivity index is 2.33. The van der Waals surface area contributed by atoms with Crippen LogP contribution in [-0.2, 0) is 6.54 Å². The van der Waals surface area contributed by atoms with Crippen molar-refractivity contribution in [3.05, 3.63) is 28.3 Å². The number of halogens is 1. The molecule has 0 saturated carbocycles. The Morgan fingerprint density at radius 2 is 1.94 bits per heavy atom. The van der Waals surface area contributed by atoms with Crippen LogP contribution < -0.4 is 4.43 Å². The Labute approximate surface area is 115 Å². The van der Waals surface area contributed by atoms with E-state index in [1.807, 2.05) is 18.3 Å². The van der Waals surface area contributed by atoms with Crippen LogP contribution in [0.25, 0.3) is 0 Å². The lowest BCUT2D eigenvalue weighted by atomic mass is 10.1. The second-order valence-corrected chi connectivity index (χ2v) is 11.4. The van der Waals surface area contributed by atoms with E-state index in [1.54, 1.807) is 0 Å². The van der Waals surface area contributed by atoms with E-state index in [1.165, 1.54) is 5.56 Å². The first kappa shape index (κ1) is 13.6. The summed E-state index contributed by atoms with van der Waals surface area (Å²) in [4.78, 5) is 4.25. The third-order valence-corrected chi connectivity index (χ3v) is 8.49. The van der Waals surface area contributed by atoms with Crippen LogP contribution in [0.4, 0.5) is 0 Å². The second kappa shape index (κ2) is 4.39. The fraction of sp³-hybridized carbons (Fsp3) is 0.500. The molecule has 0 amide bonds. The number of hydrogen-bond donors (Lipinski definition) is 0. The summed E-state index contributed by atoms with van der Waals surface area (Å²) in [5, 5.41) is 0.868. The molecule has 1 aromatic rings. The van der Waals surface area contributed by atoms with Crippen LogP contribution in [0, 0.1) is 0 Å². The Hall–Kier alpha value is -0.803. The monoisotopic (exact) mass is 281 g/mol. The van der Waals surface area contributed by atoms with E-state index in [9.17, 15) is 0 Å². The third kappa shape index (κ3) is 2.47. The van der Waals surface area contributed by atoms with Gasteiger partial charge in [0.05, 0.1) is 11.6 Å². The molecule has 18 heavy (non-hydrogen) atoms. The maximum atomic E-state index is 6.31. The van der Waals surface area contributed by atoms with Gasteiger partial charge in [0.1, 0.15) is 5.75 Å². The molecule has 0 aromatic heterocycles. The minimum absolute atomic E-state index is 0.170. The zero-order valence-electron chi connectivity index (χ0n) is 11.7. The number of fused-ring (bicyclic) bond motifs is 1. The highest BCUT2D eigenvalue weighted by atomic mass is 35.5. The van der Waals surface area contributed by atoms with Crippen molar-refractivity contribution in [2.45, 2.75) is 45.4 Å². The molecule has 1 aliphatic heterocycles. The van der Waals surface area contributed by atoms with Crippen LogP contribution in [0.15, 0.2) is 17.1 Å². The second-order valence-electron chi connectivity index (χ2n) is 6.31.